The predicted octanol–water partition coefficient (Wildman–Crippen LogP) is 2.54. The number of para-hydroxylation sites is 1. The standard InChI is InChI=1S/C18H17ClN2O4/c1-25-15-7-3-6-14(17(15)23)18(24)20-8-9-21(16(22)11-20)13-5-2-4-12(19)10-13/h2-7,10,23H,8-9,11H2,1H3. The van der Waals surface area contributed by atoms with Gasteiger partial charge >= 0.3 is 0 Å². The van der Waals surface area contributed by atoms with Gasteiger partial charge in [-0.25, -0.2) is 0 Å². The highest BCUT2D eigenvalue weighted by molar-refractivity contribution is 6.30. The number of aromatic hydroxyl groups is 1. The van der Waals surface area contributed by atoms with Gasteiger partial charge in [-0.3, -0.25) is 9.59 Å². The minimum absolute atomic E-state index is 0.0675. The van der Waals surface area contributed by atoms with E-state index >= 15 is 0 Å². The van der Waals surface area contributed by atoms with E-state index in [-0.39, 0.29) is 29.5 Å². The Morgan fingerprint density at radius 2 is 1.96 bits per heavy atom. The SMILES string of the molecule is COc1cccc(C(=O)N2CCN(c3cccc(Cl)c3)C(=O)C2)c1O. The molecule has 0 bridgehead atoms. The molecule has 1 heterocycles. The molecule has 2 aromatic rings. The number of amides is 2. The van der Waals surface area contributed by atoms with Crippen molar-refractivity contribution in [3.63, 3.8) is 0 Å². The van der Waals surface area contributed by atoms with Crippen molar-refractivity contribution in [2.45, 2.75) is 0 Å². The number of halogens is 1. The Bertz CT molecular complexity index is 824. The fourth-order valence-corrected chi connectivity index (χ4v) is 2.98. The molecule has 0 radical (unpaired) electrons. The number of phenols is 1. The maximum absolute atomic E-state index is 12.7. The molecule has 0 atom stereocenters. The van der Waals surface area contributed by atoms with Crippen molar-refractivity contribution >= 4 is 29.1 Å². The van der Waals surface area contributed by atoms with Crippen molar-refractivity contribution in [2.75, 3.05) is 31.6 Å². The van der Waals surface area contributed by atoms with E-state index in [9.17, 15) is 14.7 Å². The lowest BCUT2D eigenvalue weighted by atomic mass is 10.1. The Labute approximate surface area is 150 Å². The number of benzene rings is 2. The molecule has 2 aromatic carbocycles. The normalized spacial score (nSPS) is 14.6. The first-order valence-corrected chi connectivity index (χ1v) is 8.10. The maximum atomic E-state index is 12.7. The molecule has 7 heteroatoms. The van der Waals surface area contributed by atoms with Crippen molar-refractivity contribution < 1.29 is 19.4 Å². The molecular weight excluding hydrogens is 344 g/mol. The van der Waals surface area contributed by atoms with E-state index in [2.05, 4.69) is 0 Å². The van der Waals surface area contributed by atoms with Gasteiger partial charge in [0, 0.05) is 23.8 Å². The summed E-state index contributed by atoms with van der Waals surface area (Å²) in [6.07, 6.45) is 0. The number of phenolic OH excluding ortho intramolecular Hbond substituents is 1. The maximum Gasteiger partial charge on any atom is 0.258 e. The molecule has 1 saturated heterocycles. The van der Waals surface area contributed by atoms with Crippen LogP contribution >= 0.6 is 11.6 Å². The fourth-order valence-electron chi connectivity index (χ4n) is 2.79. The molecule has 1 aliphatic heterocycles. The number of hydrogen-bond acceptors (Lipinski definition) is 4. The number of carbonyl (C=O) groups excluding carboxylic acids is 2. The van der Waals surface area contributed by atoms with Gasteiger partial charge in [-0.05, 0) is 30.3 Å². The molecule has 0 spiro atoms. The lowest BCUT2D eigenvalue weighted by molar-refractivity contribution is -0.120. The van der Waals surface area contributed by atoms with Crippen LogP contribution in [0.3, 0.4) is 0 Å². The molecule has 0 unspecified atom stereocenters. The first-order valence-electron chi connectivity index (χ1n) is 7.72. The van der Waals surface area contributed by atoms with Crippen LogP contribution in [0, 0.1) is 0 Å². The predicted molar refractivity (Wildman–Crippen MR) is 94.4 cm³/mol. The second kappa shape index (κ2) is 7.03. The van der Waals surface area contributed by atoms with Crippen LogP contribution in [0.25, 0.3) is 0 Å². The molecule has 0 aromatic heterocycles. The van der Waals surface area contributed by atoms with Crippen LogP contribution in [0.2, 0.25) is 5.02 Å². The zero-order chi connectivity index (χ0) is 18.0. The van der Waals surface area contributed by atoms with E-state index in [1.807, 2.05) is 0 Å². The number of methoxy groups -OCH3 is 1. The van der Waals surface area contributed by atoms with Crippen LogP contribution in [-0.4, -0.2) is 48.6 Å². The summed E-state index contributed by atoms with van der Waals surface area (Å²) < 4.78 is 5.02. The molecule has 1 N–H and O–H groups in total. The van der Waals surface area contributed by atoms with Gasteiger partial charge in [0.1, 0.15) is 6.54 Å². The number of piperazine rings is 1. The fraction of sp³-hybridized carbons (Fsp3) is 0.222. The Morgan fingerprint density at radius 3 is 2.64 bits per heavy atom. The molecule has 1 aliphatic rings. The van der Waals surface area contributed by atoms with Crippen LogP contribution in [0.1, 0.15) is 10.4 Å². The van der Waals surface area contributed by atoms with Gasteiger partial charge in [-0.15, -0.1) is 0 Å². The molecule has 2 amide bonds. The van der Waals surface area contributed by atoms with Gasteiger partial charge < -0.3 is 19.6 Å². The topological polar surface area (TPSA) is 70.1 Å². The summed E-state index contributed by atoms with van der Waals surface area (Å²) in [5.41, 5.74) is 0.817. The van der Waals surface area contributed by atoms with Gasteiger partial charge in [0.2, 0.25) is 5.91 Å². The summed E-state index contributed by atoms with van der Waals surface area (Å²) in [7, 11) is 1.41. The smallest absolute Gasteiger partial charge is 0.258 e. The van der Waals surface area contributed by atoms with Crippen molar-refractivity contribution in [3.8, 4) is 11.5 Å². The van der Waals surface area contributed by atoms with Gasteiger partial charge in [-0.2, -0.15) is 0 Å². The largest absolute Gasteiger partial charge is 0.504 e. The van der Waals surface area contributed by atoms with Gasteiger partial charge in [0.15, 0.2) is 11.5 Å². The average molecular weight is 361 g/mol. The van der Waals surface area contributed by atoms with Crippen LogP contribution in [0.15, 0.2) is 42.5 Å². The summed E-state index contributed by atoms with van der Waals surface area (Å²) in [6.45, 7) is 0.644. The number of hydrogen-bond donors (Lipinski definition) is 1. The average Bonchev–Trinajstić information content (AvgIpc) is 2.61. The van der Waals surface area contributed by atoms with E-state index in [4.69, 9.17) is 16.3 Å². The third-order valence-electron chi connectivity index (χ3n) is 4.08. The number of ether oxygens (including phenoxy) is 1. The first-order chi connectivity index (χ1) is 12.0. The Hall–Kier alpha value is -2.73. The van der Waals surface area contributed by atoms with Crippen molar-refractivity contribution in [3.05, 3.63) is 53.1 Å². The van der Waals surface area contributed by atoms with Crippen LogP contribution in [0.5, 0.6) is 11.5 Å². The van der Waals surface area contributed by atoms with Crippen LogP contribution < -0.4 is 9.64 Å². The molecule has 0 saturated carbocycles. The highest BCUT2D eigenvalue weighted by Crippen LogP contribution is 2.30. The molecule has 1 fully saturated rings. The molecule has 0 aliphatic carbocycles. The Morgan fingerprint density at radius 1 is 1.20 bits per heavy atom. The second-order valence-corrected chi connectivity index (χ2v) is 6.04. The van der Waals surface area contributed by atoms with E-state index < -0.39 is 5.91 Å². The molecular formula is C18H17ClN2O4. The third kappa shape index (κ3) is 3.39. The number of carbonyl (C=O) groups is 2. The lowest BCUT2D eigenvalue weighted by Gasteiger charge is -2.34. The van der Waals surface area contributed by atoms with E-state index in [1.165, 1.54) is 18.1 Å². The monoisotopic (exact) mass is 360 g/mol. The van der Waals surface area contributed by atoms with E-state index in [1.54, 1.807) is 41.3 Å². The van der Waals surface area contributed by atoms with E-state index in [0.29, 0.717) is 23.8 Å². The highest BCUT2D eigenvalue weighted by Gasteiger charge is 2.30. The molecule has 6 nitrogen and oxygen atoms in total. The van der Waals surface area contributed by atoms with Crippen LogP contribution in [-0.2, 0) is 4.79 Å². The van der Waals surface area contributed by atoms with Gasteiger partial charge in [0.25, 0.3) is 5.91 Å². The van der Waals surface area contributed by atoms with E-state index in [0.717, 1.165) is 0 Å². The lowest BCUT2D eigenvalue weighted by Crippen LogP contribution is -2.52. The van der Waals surface area contributed by atoms with Crippen LogP contribution in [0.4, 0.5) is 5.69 Å². The Kier molecular flexibility index (Phi) is 4.81. The van der Waals surface area contributed by atoms with Crippen molar-refractivity contribution in [1.82, 2.24) is 4.90 Å². The minimum atomic E-state index is -0.407. The number of nitrogens with zero attached hydrogens (tertiary/aromatic N) is 2. The quantitative estimate of drug-likeness (QED) is 0.913. The number of anilines is 1. The molecule has 3 rings (SSSR count). The van der Waals surface area contributed by atoms with Gasteiger partial charge in [0.05, 0.1) is 12.7 Å². The number of rotatable bonds is 3. The van der Waals surface area contributed by atoms with Crippen molar-refractivity contribution in [2.24, 2.45) is 0 Å². The zero-order valence-electron chi connectivity index (χ0n) is 13.6. The highest BCUT2D eigenvalue weighted by atomic mass is 35.5. The summed E-state index contributed by atoms with van der Waals surface area (Å²) >= 11 is 5.97. The Balaban J connectivity index is 1.77. The second-order valence-electron chi connectivity index (χ2n) is 5.61. The summed E-state index contributed by atoms with van der Waals surface area (Å²) in [4.78, 5) is 28.1. The summed E-state index contributed by atoms with van der Waals surface area (Å²) in [6, 6.07) is 11.7. The van der Waals surface area contributed by atoms with Gasteiger partial charge in [-0.1, -0.05) is 23.7 Å². The summed E-state index contributed by atoms with van der Waals surface area (Å²) in [5, 5.41) is 10.7. The zero-order valence-corrected chi connectivity index (χ0v) is 14.4. The minimum Gasteiger partial charge on any atom is -0.504 e. The third-order valence-corrected chi connectivity index (χ3v) is 4.31. The van der Waals surface area contributed by atoms with Crippen molar-refractivity contribution in [1.29, 1.82) is 0 Å². The summed E-state index contributed by atoms with van der Waals surface area (Å²) in [5.74, 6) is -0.616. The molecule has 25 heavy (non-hydrogen) atoms. The molecule has 130 valence electrons. The first kappa shape index (κ1) is 17.1.